The third-order valence-corrected chi connectivity index (χ3v) is 4.19. The third-order valence-electron chi connectivity index (χ3n) is 4.19. The highest BCUT2D eigenvalue weighted by Crippen LogP contribution is 2.21. The summed E-state index contributed by atoms with van der Waals surface area (Å²) in [6.45, 7) is 7.00. The normalized spacial score (nSPS) is 10.6. The second-order valence-corrected chi connectivity index (χ2v) is 6.69. The average Bonchev–Trinajstić information content (AvgIpc) is 2.59. The first kappa shape index (κ1) is 17.9. The molecule has 3 aromatic rings. The Morgan fingerprint density at radius 3 is 2.31 bits per heavy atom. The van der Waals surface area contributed by atoms with Gasteiger partial charge in [0.15, 0.2) is 0 Å². The van der Waals surface area contributed by atoms with Gasteiger partial charge in [-0.2, -0.15) is 0 Å². The molecule has 134 valence electrons. The van der Waals surface area contributed by atoms with Crippen LogP contribution in [0.5, 0.6) is 0 Å². The van der Waals surface area contributed by atoms with Gasteiger partial charge in [-0.15, -0.1) is 0 Å². The summed E-state index contributed by atoms with van der Waals surface area (Å²) >= 11 is 0. The molecule has 0 spiro atoms. The standard InChI is InChI=1S/C21H25N5/c1-15-11-16(2)13-19(12-15)25-20-14-21(24-17(3)23-20)26(4)10-7-18-5-8-22-9-6-18/h5-6,8-9,11-14H,7,10H2,1-4H3,(H,23,24,25). The Kier molecular flexibility index (Phi) is 5.46. The van der Waals surface area contributed by atoms with Crippen LogP contribution in [0, 0.1) is 20.8 Å². The van der Waals surface area contributed by atoms with Crippen molar-refractivity contribution in [3.05, 3.63) is 71.3 Å². The van der Waals surface area contributed by atoms with Crippen LogP contribution in [0.4, 0.5) is 17.3 Å². The summed E-state index contributed by atoms with van der Waals surface area (Å²) in [6.07, 6.45) is 4.61. The summed E-state index contributed by atoms with van der Waals surface area (Å²) in [5, 5.41) is 3.41. The highest BCUT2D eigenvalue weighted by molar-refractivity contribution is 5.61. The van der Waals surface area contributed by atoms with Crippen LogP contribution in [0.25, 0.3) is 0 Å². The van der Waals surface area contributed by atoms with Crippen LogP contribution in [0.15, 0.2) is 48.8 Å². The molecule has 5 heteroatoms. The van der Waals surface area contributed by atoms with Crippen molar-refractivity contribution in [2.75, 3.05) is 23.8 Å². The first-order valence-electron chi connectivity index (χ1n) is 8.80. The Morgan fingerprint density at radius 2 is 1.62 bits per heavy atom. The molecule has 1 aromatic carbocycles. The molecule has 0 aliphatic heterocycles. The molecule has 0 radical (unpaired) electrons. The van der Waals surface area contributed by atoms with E-state index in [1.54, 1.807) is 0 Å². The second-order valence-electron chi connectivity index (χ2n) is 6.69. The van der Waals surface area contributed by atoms with Crippen molar-refractivity contribution in [1.82, 2.24) is 15.0 Å². The van der Waals surface area contributed by atoms with Crippen LogP contribution in [0.1, 0.15) is 22.5 Å². The molecule has 0 fully saturated rings. The maximum atomic E-state index is 4.59. The molecule has 26 heavy (non-hydrogen) atoms. The van der Waals surface area contributed by atoms with E-state index in [1.807, 2.05) is 37.5 Å². The van der Waals surface area contributed by atoms with E-state index in [-0.39, 0.29) is 0 Å². The lowest BCUT2D eigenvalue weighted by molar-refractivity contribution is 0.848. The zero-order chi connectivity index (χ0) is 18.5. The minimum Gasteiger partial charge on any atom is -0.359 e. The van der Waals surface area contributed by atoms with Gasteiger partial charge in [0, 0.05) is 37.7 Å². The number of aryl methyl sites for hydroxylation is 3. The van der Waals surface area contributed by atoms with Gasteiger partial charge in [0.25, 0.3) is 0 Å². The fraction of sp³-hybridized carbons (Fsp3) is 0.286. The van der Waals surface area contributed by atoms with E-state index in [0.717, 1.165) is 36.1 Å². The smallest absolute Gasteiger partial charge is 0.136 e. The minimum atomic E-state index is 0.755. The molecule has 2 aromatic heterocycles. The molecule has 0 saturated heterocycles. The molecule has 0 aliphatic carbocycles. The molecular weight excluding hydrogens is 322 g/mol. The van der Waals surface area contributed by atoms with Crippen molar-refractivity contribution in [1.29, 1.82) is 0 Å². The topological polar surface area (TPSA) is 53.9 Å². The fourth-order valence-electron chi connectivity index (χ4n) is 2.97. The van der Waals surface area contributed by atoms with E-state index in [4.69, 9.17) is 0 Å². The van der Waals surface area contributed by atoms with E-state index >= 15 is 0 Å². The summed E-state index contributed by atoms with van der Waals surface area (Å²) < 4.78 is 0. The summed E-state index contributed by atoms with van der Waals surface area (Å²) in [4.78, 5) is 15.3. The van der Waals surface area contributed by atoms with Crippen LogP contribution >= 0.6 is 0 Å². The van der Waals surface area contributed by atoms with Gasteiger partial charge in [0.1, 0.15) is 17.5 Å². The van der Waals surface area contributed by atoms with Crippen LogP contribution in [0.2, 0.25) is 0 Å². The van der Waals surface area contributed by atoms with E-state index in [9.17, 15) is 0 Å². The quantitative estimate of drug-likeness (QED) is 0.723. The lowest BCUT2D eigenvalue weighted by atomic mass is 10.1. The zero-order valence-electron chi connectivity index (χ0n) is 15.8. The van der Waals surface area contributed by atoms with Crippen molar-refractivity contribution in [3.63, 3.8) is 0 Å². The van der Waals surface area contributed by atoms with Gasteiger partial charge in [-0.25, -0.2) is 9.97 Å². The Bertz CT molecular complexity index is 857. The van der Waals surface area contributed by atoms with Crippen molar-refractivity contribution < 1.29 is 0 Å². The van der Waals surface area contributed by atoms with E-state index in [2.05, 4.69) is 64.3 Å². The van der Waals surface area contributed by atoms with Crippen LogP contribution in [-0.4, -0.2) is 28.5 Å². The average molecular weight is 347 g/mol. The molecule has 0 aliphatic rings. The first-order valence-corrected chi connectivity index (χ1v) is 8.80. The third kappa shape index (κ3) is 4.79. The molecule has 0 unspecified atom stereocenters. The maximum absolute atomic E-state index is 4.59. The summed E-state index contributed by atoms with van der Waals surface area (Å²) in [5.74, 6) is 2.48. The molecule has 5 nitrogen and oxygen atoms in total. The lowest BCUT2D eigenvalue weighted by Crippen LogP contribution is -2.22. The number of nitrogens with one attached hydrogen (secondary N) is 1. The minimum absolute atomic E-state index is 0.755. The monoisotopic (exact) mass is 347 g/mol. The van der Waals surface area contributed by atoms with Crippen molar-refractivity contribution >= 4 is 17.3 Å². The Hall–Kier alpha value is -2.95. The van der Waals surface area contributed by atoms with E-state index in [1.165, 1.54) is 16.7 Å². The lowest BCUT2D eigenvalue weighted by Gasteiger charge is -2.19. The number of hydrogen-bond donors (Lipinski definition) is 1. The number of nitrogens with zero attached hydrogens (tertiary/aromatic N) is 4. The van der Waals surface area contributed by atoms with Gasteiger partial charge < -0.3 is 10.2 Å². The highest BCUT2D eigenvalue weighted by atomic mass is 15.2. The number of likely N-dealkylation sites (N-methyl/N-ethyl adjacent to an activating group) is 1. The summed E-state index contributed by atoms with van der Waals surface area (Å²) in [6, 6.07) is 12.5. The second kappa shape index (κ2) is 7.95. The molecule has 3 rings (SSSR count). The van der Waals surface area contributed by atoms with Crippen molar-refractivity contribution in [3.8, 4) is 0 Å². The molecule has 0 atom stereocenters. The van der Waals surface area contributed by atoms with E-state index in [0.29, 0.717) is 0 Å². The summed E-state index contributed by atoms with van der Waals surface area (Å²) in [7, 11) is 2.06. The number of aromatic nitrogens is 3. The highest BCUT2D eigenvalue weighted by Gasteiger charge is 2.08. The SMILES string of the molecule is Cc1cc(C)cc(Nc2cc(N(C)CCc3ccncc3)nc(C)n2)c1. The van der Waals surface area contributed by atoms with Crippen LogP contribution in [-0.2, 0) is 6.42 Å². The Labute approximate surface area is 155 Å². The van der Waals surface area contributed by atoms with Gasteiger partial charge in [-0.05, 0) is 68.1 Å². The predicted octanol–water partition coefficient (Wildman–Crippen LogP) is 4.22. The molecule has 1 N–H and O–H groups in total. The predicted molar refractivity (Wildman–Crippen MR) is 107 cm³/mol. The van der Waals surface area contributed by atoms with Crippen LogP contribution in [0.3, 0.4) is 0 Å². The van der Waals surface area contributed by atoms with Gasteiger partial charge in [0.2, 0.25) is 0 Å². The van der Waals surface area contributed by atoms with Gasteiger partial charge >= 0.3 is 0 Å². The molecule has 2 heterocycles. The maximum Gasteiger partial charge on any atom is 0.136 e. The number of pyridine rings is 1. The number of anilines is 3. The zero-order valence-corrected chi connectivity index (χ0v) is 15.8. The first-order chi connectivity index (χ1) is 12.5. The van der Waals surface area contributed by atoms with Crippen molar-refractivity contribution in [2.24, 2.45) is 0 Å². The number of rotatable bonds is 6. The molecular formula is C21H25N5. The summed E-state index contributed by atoms with van der Waals surface area (Å²) in [5.41, 5.74) is 4.78. The fourth-order valence-corrected chi connectivity index (χ4v) is 2.97. The van der Waals surface area contributed by atoms with E-state index < -0.39 is 0 Å². The molecule has 0 amide bonds. The Balaban J connectivity index is 1.74. The molecule has 0 saturated carbocycles. The molecule has 0 bridgehead atoms. The largest absolute Gasteiger partial charge is 0.359 e. The van der Waals surface area contributed by atoms with Gasteiger partial charge in [0.05, 0.1) is 0 Å². The number of hydrogen-bond acceptors (Lipinski definition) is 5. The van der Waals surface area contributed by atoms with Gasteiger partial charge in [-0.1, -0.05) is 6.07 Å². The van der Waals surface area contributed by atoms with Crippen molar-refractivity contribution in [2.45, 2.75) is 27.2 Å². The Morgan fingerprint density at radius 1 is 0.923 bits per heavy atom. The number of benzene rings is 1. The van der Waals surface area contributed by atoms with Gasteiger partial charge in [-0.3, -0.25) is 4.98 Å². The van der Waals surface area contributed by atoms with Crippen LogP contribution < -0.4 is 10.2 Å².